The van der Waals surface area contributed by atoms with E-state index in [1.807, 2.05) is 0 Å². The van der Waals surface area contributed by atoms with Crippen LogP contribution in [0.15, 0.2) is 18.2 Å². The predicted molar refractivity (Wildman–Crippen MR) is 78.0 cm³/mol. The van der Waals surface area contributed by atoms with Crippen LogP contribution in [0.25, 0.3) is 0 Å². The van der Waals surface area contributed by atoms with Gasteiger partial charge in [-0.2, -0.15) is 0 Å². The average molecular weight is 319 g/mol. The highest BCUT2D eigenvalue weighted by atomic mass is 19.1. The van der Waals surface area contributed by atoms with Crippen LogP contribution in [0.5, 0.6) is 5.75 Å². The summed E-state index contributed by atoms with van der Waals surface area (Å²) in [6.45, 7) is 0. The lowest BCUT2D eigenvalue weighted by atomic mass is 9.96. The molecule has 3 amide bonds. The van der Waals surface area contributed by atoms with E-state index in [4.69, 9.17) is 4.74 Å². The van der Waals surface area contributed by atoms with Crippen molar-refractivity contribution in [3.8, 4) is 5.75 Å². The van der Waals surface area contributed by atoms with Crippen LogP contribution in [0.1, 0.15) is 36.0 Å². The van der Waals surface area contributed by atoms with Crippen LogP contribution in [0.2, 0.25) is 0 Å². The number of hydrogen-bond donors (Lipinski definition) is 2. The van der Waals surface area contributed by atoms with Crippen molar-refractivity contribution < 1.29 is 23.5 Å². The second kappa shape index (κ2) is 6.36. The maximum absolute atomic E-state index is 14.1. The van der Waals surface area contributed by atoms with Crippen LogP contribution < -0.4 is 15.4 Å². The lowest BCUT2D eigenvalue weighted by Crippen LogP contribution is -2.52. The normalized spacial score (nSPS) is 21.3. The maximum atomic E-state index is 14.1. The second-order valence-electron chi connectivity index (χ2n) is 5.62. The molecule has 1 radical (unpaired) electrons. The zero-order chi connectivity index (χ0) is 16.4. The molecule has 23 heavy (non-hydrogen) atoms. The van der Waals surface area contributed by atoms with Crippen LogP contribution in [0, 0.1) is 12.2 Å². The molecule has 2 fully saturated rings. The quantitative estimate of drug-likeness (QED) is 0.814. The number of halogens is 1. The van der Waals surface area contributed by atoms with E-state index >= 15 is 0 Å². The van der Waals surface area contributed by atoms with Crippen molar-refractivity contribution in [2.45, 2.75) is 37.8 Å². The van der Waals surface area contributed by atoms with Crippen molar-refractivity contribution in [2.75, 3.05) is 0 Å². The molecule has 0 unspecified atom stereocenters. The highest BCUT2D eigenvalue weighted by molar-refractivity contribution is 6.03. The van der Waals surface area contributed by atoms with Gasteiger partial charge in [0.2, 0.25) is 11.8 Å². The van der Waals surface area contributed by atoms with Gasteiger partial charge in [-0.25, -0.2) is 4.39 Å². The van der Waals surface area contributed by atoms with Gasteiger partial charge < -0.3 is 10.1 Å². The largest absolute Gasteiger partial charge is 0.490 e. The van der Waals surface area contributed by atoms with Crippen molar-refractivity contribution >= 4 is 17.7 Å². The fourth-order valence-corrected chi connectivity index (χ4v) is 2.41. The van der Waals surface area contributed by atoms with E-state index in [-0.39, 0.29) is 30.4 Å². The molecule has 0 bridgehead atoms. The van der Waals surface area contributed by atoms with Gasteiger partial charge >= 0.3 is 0 Å². The Labute approximate surface area is 132 Å². The van der Waals surface area contributed by atoms with Gasteiger partial charge in [0.15, 0.2) is 0 Å². The molecule has 0 spiro atoms. The Hall–Kier alpha value is -2.44. The summed E-state index contributed by atoms with van der Waals surface area (Å²) in [5.74, 6) is -1.98. The van der Waals surface area contributed by atoms with Crippen LogP contribution in [0.3, 0.4) is 0 Å². The number of nitrogens with one attached hydrogen (secondary N) is 2. The molecule has 1 aliphatic carbocycles. The molecule has 121 valence electrons. The molecular formula is C16H16FN2O4. The predicted octanol–water partition coefficient (Wildman–Crippen LogP) is 1.11. The Balaban J connectivity index is 1.64. The summed E-state index contributed by atoms with van der Waals surface area (Å²) in [5.41, 5.74) is -0.165. The minimum absolute atomic E-state index is 0.0672. The van der Waals surface area contributed by atoms with Gasteiger partial charge in [0.1, 0.15) is 17.6 Å². The lowest BCUT2D eigenvalue weighted by Gasteiger charge is -2.26. The SMILES string of the molecule is O=C1CC[C@@H](NC(=O)c2ccc(OC3C[CH]C3)cc2F)C(=O)N1. The van der Waals surface area contributed by atoms with Crippen molar-refractivity contribution in [1.82, 2.24) is 10.6 Å². The van der Waals surface area contributed by atoms with Crippen molar-refractivity contribution in [3.63, 3.8) is 0 Å². The number of rotatable bonds is 4. The number of imide groups is 1. The van der Waals surface area contributed by atoms with Gasteiger partial charge in [-0.3, -0.25) is 19.7 Å². The molecule has 3 rings (SSSR count). The number of piperidine rings is 1. The third-order valence-corrected chi connectivity index (χ3v) is 3.89. The van der Waals surface area contributed by atoms with Crippen LogP contribution in [-0.4, -0.2) is 29.9 Å². The highest BCUT2D eigenvalue weighted by Crippen LogP contribution is 2.25. The zero-order valence-electron chi connectivity index (χ0n) is 12.3. The highest BCUT2D eigenvalue weighted by Gasteiger charge is 2.29. The van der Waals surface area contributed by atoms with Gasteiger partial charge in [0.05, 0.1) is 11.7 Å². The number of amides is 3. The smallest absolute Gasteiger partial charge is 0.254 e. The van der Waals surface area contributed by atoms with E-state index in [9.17, 15) is 18.8 Å². The first kappa shape index (κ1) is 15.5. The Morgan fingerprint density at radius 1 is 1.30 bits per heavy atom. The first-order valence-electron chi connectivity index (χ1n) is 7.45. The first-order valence-corrected chi connectivity index (χ1v) is 7.45. The first-order chi connectivity index (χ1) is 11.0. The van der Waals surface area contributed by atoms with Gasteiger partial charge in [-0.1, -0.05) is 0 Å². The number of carbonyl (C=O) groups is 3. The molecule has 1 heterocycles. The molecule has 7 heteroatoms. The minimum atomic E-state index is -0.832. The lowest BCUT2D eigenvalue weighted by molar-refractivity contribution is -0.134. The summed E-state index contributed by atoms with van der Waals surface area (Å²) in [5, 5.41) is 4.57. The molecule has 2 aliphatic rings. The molecular weight excluding hydrogens is 303 g/mol. The summed E-state index contributed by atoms with van der Waals surface area (Å²) >= 11 is 0. The number of hydrogen-bond acceptors (Lipinski definition) is 4. The minimum Gasteiger partial charge on any atom is -0.490 e. The van der Waals surface area contributed by atoms with Crippen LogP contribution in [-0.2, 0) is 9.59 Å². The molecule has 1 atom stereocenters. The van der Waals surface area contributed by atoms with E-state index in [0.717, 1.165) is 18.9 Å². The Morgan fingerprint density at radius 3 is 2.70 bits per heavy atom. The summed E-state index contributed by atoms with van der Waals surface area (Å²) in [4.78, 5) is 34.8. The molecule has 1 saturated heterocycles. The van der Waals surface area contributed by atoms with Crippen molar-refractivity contribution in [2.24, 2.45) is 0 Å². The molecule has 2 N–H and O–H groups in total. The molecule has 1 aromatic rings. The van der Waals surface area contributed by atoms with E-state index < -0.39 is 23.7 Å². The fourth-order valence-electron chi connectivity index (χ4n) is 2.41. The monoisotopic (exact) mass is 319 g/mol. The standard InChI is InChI=1S/C16H16FN2O4/c17-12-8-10(23-9-2-1-3-9)4-5-11(12)15(21)18-13-6-7-14(20)19-16(13)22/h1,4-5,8-9,13H,2-3,6-7H2,(H,18,21)(H,19,20,22)/t13-/m1/s1. The second-order valence-corrected chi connectivity index (χ2v) is 5.62. The Morgan fingerprint density at radius 2 is 2.09 bits per heavy atom. The topological polar surface area (TPSA) is 84.5 Å². The molecule has 1 aromatic carbocycles. The van der Waals surface area contributed by atoms with Crippen molar-refractivity contribution in [3.05, 3.63) is 36.0 Å². The van der Waals surface area contributed by atoms with E-state index in [1.165, 1.54) is 12.1 Å². The molecule has 1 saturated carbocycles. The van der Waals surface area contributed by atoms with Gasteiger partial charge in [0, 0.05) is 12.5 Å². The maximum Gasteiger partial charge on any atom is 0.254 e. The van der Waals surface area contributed by atoms with E-state index in [0.29, 0.717) is 5.75 Å². The third kappa shape index (κ3) is 3.49. The number of carbonyl (C=O) groups excluding carboxylic acids is 3. The van der Waals surface area contributed by atoms with Gasteiger partial charge in [-0.05, 0) is 37.8 Å². The summed E-state index contributed by atoms with van der Waals surface area (Å²) in [7, 11) is 0. The van der Waals surface area contributed by atoms with Gasteiger partial charge in [0.25, 0.3) is 5.91 Å². The van der Waals surface area contributed by atoms with E-state index in [2.05, 4.69) is 17.1 Å². The summed E-state index contributed by atoms with van der Waals surface area (Å²) in [6.07, 6.45) is 4.15. The zero-order valence-corrected chi connectivity index (χ0v) is 12.3. The Bertz CT molecular complexity index is 657. The van der Waals surface area contributed by atoms with Crippen LogP contribution in [0.4, 0.5) is 4.39 Å². The Kier molecular flexibility index (Phi) is 4.27. The molecule has 0 aromatic heterocycles. The fraction of sp³-hybridized carbons (Fsp3) is 0.375. The number of benzene rings is 1. The molecule has 6 nitrogen and oxygen atoms in total. The number of ether oxygens (including phenoxy) is 1. The summed E-state index contributed by atoms with van der Waals surface area (Å²) in [6, 6.07) is 3.19. The average Bonchev–Trinajstić information content (AvgIpc) is 2.46. The van der Waals surface area contributed by atoms with Crippen molar-refractivity contribution in [1.29, 1.82) is 0 Å². The van der Waals surface area contributed by atoms with Gasteiger partial charge in [-0.15, -0.1) is 0 Å². The molecule has 1 aliphatic heterocycles. The van der Waals surface area contributed by atoms with Crippen LogP contribution >= 0.6 is 0 Å². The summed E-state index contributed by atoms with van der Waals surface area (Å²) < 4.78 is 19.6. The third-order valence-electron chi connectivity index (χ3n) is 3.89. The van der Waals surface area contributed by atoms with E-state index in [1.54, 1.807) is 0 Å².